The first-order chi connectivity index (χ1) is 5.81. The Kier molecular flexibility index (Phi) is 4.47. The molecular weight excluding hydrogens is 176 g/mol. The Hall–Kier alpha value is -0.503. The smallest absolute Gasteiger partial charge is 0.249 e. The Morgan fingerprint density at radius 2 is 1.85 bits per heavy atom. The van der Waals surface area contributed by atoms with Gasteiger partial charge in [0.25, 0.3) is 0 Å². The predicted octanol–water partition coefficient (Wildman–Crippen LogP) is 4.10. The molecule has 0 aromatic carbocycles. The predicted molar refractivity (Wildman–Crippen MR) is 62.2 cm³/mol. The van der Waals surface area contributed by atoms with Crippen LogP contribution in [0.2, 0.25) is 18.1 Å². The Bertz CT molecular complexity index is 187. The maximum Gasteiger partial charge on any atom is 0.249 e. The molecule has 0 aliphatic heterocycles. The lowest BCUT2D eigenvalue weighted by Gasteiger charge is -2.34. The molecule has 76 valence electrons. The van der Waals surface area contributed by atoms with Crippen molar-refractivity contribution in [3.8, 4) is 0 Å². The highest BCUT2D eigenvalue weighted by Gasteiger charge is 2.37. The highest BCUT2D eigenvalue weighted by molar-refractivity contribution is 6.74. The molecule has 0 saturated carbocycles. The summed E-state index contributed by atoms with van der Waals surface area (Å²) in [6.07, 6.45) is 6.59. The van der Waals surface area contributed by atoms with Crippen molar-refractivity contribution in [1.29, 1.82) is 0 Å². The van der Waals surface area contributed by atoms with Crippen molar-refractivity contribution in [2.45, 2.75) is 45.3 Å². The van der Waals surface area contributed by atoms with Crippen LogP contribution in [0.15, 0.2) is 25.0 Å². The van der Waals surface area contributed by atoms with Crippen LogP contribution >= 0.6 is 0 Å². The Morgan fingerprint density at radius 1 is 1.31 bits per heavy atom. The normalized spacial score (nSPS) is 13.3. The van der Waals surface area contributed by atoms with E-state index in [0.717, 1.165) is 6.42 Å². The average molecular weight is 198 g/mol. The summed E-state index contributed by atoms with van der Waals surface area (Å²) >= 11 is 0. The lowest BCUT2D eigenvalue weighted by atomic mass is 10.2. The SMILES string of the molecule is C=CC/C=C/O[Si](C)(C)C(C)(C)C. The molecule has 13 heavy (non-hydrogen) atoms. The Balaban J connectivity index is 4.11. The molecule has 0 aliphatic rings. The van der Waals surface area contributed by atoms with Crippen molar-refractivity contribution in [2.75, 3.05) is 0 Å². The van der Waals surface area contributed by atoms with Crippen molar-refractivity contribution >= 4 is 8.32 Å². The summed E-state index contributed by atoms with van der Waals surface area (Å²) in [6, 6.07) is 0. The van der Waals surface area contributed by atoms with Crippen LogP contribution in [-0.4, -0.2) is 8.32 Å². The van der Waals surface area contributed by atoms with Crippen molar-refractivity contribution in [3.05, 3.63) is 25.0 Å². The molecule has 0 rings (SSSR count). The van der Waals surface area contributed by atoms with Crippen LogP contribution in [0.4, 0.5) is 0 Å². The van der Waals surface area contributed by atoms with E-state index >= 15 is 0 Å². The van der Waals surface area contributed by atoms with Gasteiger partial charge in [0.2, 0.25) is 8.32 Å². The zero-order chi connectivity index (χ0) is 10.5. The fraction of sp³-hybridized carbons (Fsp3) is 0.636. The lowest BCUT2D eigenvalue weighted by Crippen LogP contribution is -2.39. The van der Waals surface area contributed by atoms with Crippen LogP contribution in [0, 0.1) is 0 Å². The third-order valence-electron chi connectivity index (χ3n) is 2.57. The van der Waals surface area contributed by atoms with Crippen LogP contribution in [0.5, 0.6) is 0 Å². The van der Waals surface area contributed by atoms with Gasteiger partial charge in [-0.2, -0.15) is 0 Å². The molecular formula is C11H22OSi. The van der Waals surface area contributed by atoms with Gasteiger partial charge in [-0.1, -0.05) is 26.8 Å². The first kappa shape index (κ1) is 12.5. The monoisotopic (exact) mass is 198 g/mol. The summed E-state index contributed by atoms with van der Waals surface area (Å²) in [5.74, 6) is 0. The molecule has 0 bridgehead atoms. The van der Waals surface area contributed by atoms with Gasteiger partial charge in [0.15, 0.2) is 0 Å². The summed E-state index contributed by atoms with van der Waals surface area (Å²) in [6.45, 7) is 14.8. The zero-order valence-corrected chi connectivity index (χ0v) is 10.6. The van der Waals surface area contributed by atoms with Gasteiger partial charge in [0.1, 0.15) is 0 Å². The van der Waals surface area contributed by atoms with E-state index in [1.807, 2.05) is 18.4 Å². The summed E-state index contributed by atoms with van der Waals surface area (Å²) < 4.78 is 5.81. The molecule has 0 aromatic heterocycles. The second-order valence-corrected chi connectivity index (χ2v) is 9.53. The minimum absolute atomic E-state index is 0.283. The number of hydrogen-bond donors (Lipinski definition) is 0. The minimum atomic E-state index is -1.58. The van der Waals surface area contributed by atoms with E-state index in [9.17, 15) is 0 Å². The van der Waals surface area contributed by atoms with Gasteiger partial charge in [-0.25, -0.2) is 0 Å². The summed E-state index contributed by atoms with van der Waals surface area (Å²) in [4.78, 5) is 0. The fourth-order valence-electron chi connectivity index (χ4n) is 0.547. The fourth-order valence-corrected chi connectivity index (χ4v) is 1.34. The molecule has 0 aliphatic carbocycles. The van der Waals surface area contributed by atoms with E-state index in [0.29, 0.717) is 0 Å². The van der Waals surface area contributed by atoms with Crippen molar-refractivity contribution in [2.24, 2.45) is 0 Å². The van der Waals surface area contributed by atoms with Crippen LogP contribution in [0.1, 0.15) is 27.2 Å². The quantitative estimate of drug-likeness (QED) is 0.375. The van der Waals surface area contributed by atoms with Gasteiger partial charge in [-0.3, -0.25) is 0 Å². The van der Waals surface area contributed by atoms with E-state index in [-0.39, 0.29) is 5.04 Å². The molecule has 0 N–H and O–H groups in total. The van der Waals surface area contributed by atoms with Gasteiger partial charge in [0, 0.05) is 0 Å². The number of hydrogen-bond acceptors (Lipinski definition) is 1. The standard InChI is InChI=1S/C11H22OSi/c1-7-8-9-10-12-13(5,6)11(2,3)4/h7,9-10H,1,8H2,2-6H3/b10-9+. The largest absolute Gasteiger partial charge is 0.549 e. The van der Waals surface area contributed by atoms with Gasteiger partial charge < -0.3 is 4.43 Å². The van der Waals surface area contributed by atoms with Crippen molar-refractivity contribution in [3.63, 3.8) is 0 Å². The first-order valence-electron chi connectivity index (χ1n) is 4.75. The van der Waals surface area contributed by atoms with E-state index in [2.05, 4.69) is 40.4 Å². The molecule has 0 atom stereocenters. The third-order valence-corrected chi connectivity index (χ3v) is 6.91. The highest BCUT2D eigenvalue weighted by atomic mass is 28.4. The van der Waals surface area contributed by atoms with Crippen LogP contribution in [0.3, 0.4) is 0 Å². The maximum absolute atomic E-state index is 5.81. The molecule has 1 nitrogen and oxygen atoms in total. The molecule has 0 radical (unpaired) electrons. The van der Waals surface area contributed by atoms with Gasteiger partial charge >= 0.3 is 0 Å². The Morgan fingerprint density at radius 3 is 2.23 bits per heavy atom. The molecule has 2 heteroatoms. The van der Waals surface area contributed by atoms with Crippen molar-refractivity contribution in [1.82, 2.24) is 0 Å². The van der Waals surface area contributed by atoms with Gasteiger partial charge in [-0.15, -0.1) is 6.58 Å². The minimum Gasteiger partial charge on any atom is -0.549 e. The second kappa shape index (κ2) is 4.65. The molecule has 0 amide bonds. The average Bonchev–Trinajstić information content (AvgIpc) is 1.96. The topological polar surface area (TPSA) is 9.23 Å². The van der Waals surface area contributed by atoms with Crippen LogP contribution in [0.25, 0.3) is 0 Å². The molecule has 0 unspecified atom stereocenters. The van der Waals surface area contributed by atoms with Crippen LogP contribution in [-0.2, 0) is 4.43 Å². The van der Waals surface area contributed by atoms with Gasteiger partial charge in [-0.05, 0) is 30.6 Å². The molecule has 0 aromatic rings. The summed E-state index contributed by atoms with van der Waals surface area (Å²) in [5.41, 5.74) is 0. The zero-order valence-electron chi connectivity index (χ0n) is 9.55. The van der Waals surface area contributed by atoms with Crippen molar-refractivity contribution < 1.29 is 4.43 Å². The Labute approximate surface area is 83.6 Å². The highest BCUT2D eigenvalue weighted by Crippen LogP contribution is 2.36. The molecule has 0 saturated heterocycles. The molecule has 0 spiro atoms. The number of allylic oxidation sites excluding steroid dienone is 2. The van der Waals surface area contributed by atoms with E-state index in [1.165, 1.54) is 0 Å². The molecule has 0 heterocycles. The summed E-state index contributed by atoms with van der Waals surface area (Å²) in [5, 5.41) is 0.283. The summed E-state index contributed by atoms with van der Waals surface area (Å²) in [7, 11) is -1.58. The van der Waals surface area contributed by atoms with E-state index in [1.54, 1.807) is 0 Å². The number of rotatable bonds is 4. The van der Waals surface area contributed by atoms with Crippen LogP contribution < -0.4 is 0 Å². The van der Waals surface area contributed by atoms with Gasteiger partial charge in [0.05, 0.1) is 6.26 Å². The lowest BCUT2D eigenvalue weighted by molar-refractivity contribution is 0.429. The van der Waals surface area contributed by atoms with E-state index in [4.69, 9.17) is 4.43 Å². The second-order valence-electron chi connectivity index (χ2n) is 4.77. The molecule has 0 fully saturated rings. The maximum atomic E-state index is 5.81. The first-order valence-corrected chi connectivity index (χ1v) is 7.66. The third kappa shape index (κ3) is 4.32. The van der Waals surface area contributed by atoms with E-state index < -0.39 is 8.32 Å².